The number of hydrogen-bond acceptors (Lipinski definition) is 7. The zero-order valence-corrected chi connectivity index (χ0v) is 28.2. The van der Waals surface area contributed by atoms with Gasteiger partial charge in [-0.25, -0.2) is 9.50 Å². The van der Waals surface area contributed by atoms with E-state index in [1.165, 1.54) is 0 Å². The second-order valence-corrected chi connectivity index (χ2v) is 12.5. The van der Waals surface area contributed by atoms with Crippen molar-refractivity contribution >= 4 is 11.6 Å². The van der Waals surface area contributed by atoms with Crippen molar-refractivity contribution in [3.63, 3.8) is 0 Å². The molecule has 2 heterocycles. The Morgan fingerprint density at radius 3 is 2.35 bits per heavy atom. The number of fused-ring (bicyclic) bond motifs is 1. The zero-order chi connectivity index (χ0) is 33.4. The summed E-state index contributed by atoms with van der Waals surface area (Å²) >= 11 is 0. The van der Waals surface area contributed by atoms with Gasteiger partial charge in [-0.15, -0.1) is 5.92 Å². The van der Waals surface area contributed by atoms with Gasteiger partial charge in [0.1, 0.15) is 18.1 Å². The molecule has 1 unspecified atom stereocenters. The van der Waals surface area contributed by atoms with Gasteiger partial charge in [-0.05, 0) is 101 Å². The van der Waals surface area contributed by atoms with Gasteiger partial charge in [0.15, 0.2) is 11.5 Å². The van der Waals surface area contributed by atoms with E-state index in [0.717, 1.165) is 50.6 Å². The first-order valence-electron chi connectivity index (χ1n) is 15.8. The fourth-order valence-corrected chi connectivity index (χ4v) is 5.25. The third kappa shape index (κ3) is 8.46. The molecule has 4 aromatic rings. The fourth-order valence-electron chi connectivity index (χ4n) is 5.25. The molecule has 0 aliphatic carbocycles. The number of carbonyl (C=O) groups excluding carboxylic acids is 1. The number of aryl methyl sites for hydroxylation is 2. The molecule has 8 heteroatoms. The molecule has 0 spiro atoms. The van der Waals surface area contributed by atoms with Gasteiger partial charge in [0.2, 0.25) is 0 Å². The van der Waals surface area contributed by atoms with Crippen LogP contribution in [0.4, 0.5) is 0 Å². The predicted molar refractivity (Wildman–Crippen MR) is 180 cm³/mol. The molecule has 0 aliphatic heterocycles. The minimum atomic E-state index is -0.432. The molecule has 0 amide bonds. The Kier molecular flexibility index (Phi) is 11.1. The Morgan fingerprint density at radius 2 is 1.74 bits per heavy atom. The number of ether oxygens (including phenoxy) is 3. The largest absolute Gasteiger partial charge is 0.494 e. The molecule has 240 valence electrons. The topological polar surface area (TPSA) is 98.7 Å². The van der Waals surface area contributed by atoms with Crippen molar-refractivity contribution < 1.29 is 19.0 Å². The van der Waals surface area contributed by atoms with E-state index in [4.69, 9.17) is 24.3 Å². The summed E-state index contributed by atoms with van der Waals surface area (Å²) in [6.07, 6.45) is 2.82. The van der Waals surface area contributed by atoms with Crippen molar-refractivity contribution in [3.8, 4) is 40.5 Å². The maximum atomic E-state index is 12.1. The summed E-state index contributed by atoms with van der Waals surface area (Å²) in [7, 11) is 0. The van der Waals surface area contributed by atoms with Crippen LogP contribution < -0.4 is 9.47 Å². The number of rotatable bonds is 13. The van der Waals surface area contributed by atoms with Crippen molar-refractivity contribution in [3.05, 3.63) is 76.7 Å². The van der Waals surface area contributed by atoms with Crippen molar-refractivity contribution in [1.82, 2.24) is 14.6 Å². The molecule has 0 saturated carbocycles. The fraction of sp³-hybridized carbons (Fsp3) is 0.421. The van der Waals surface area contributed by atoms with Crippen LogP contribution in [0, 0.1) is 42.4 Å². The molecule has 1 atom stereocenters. The number of aromatic nitrogens is 3. The van der Waals surface area contributed by atoms with Crippen molar-refractivity contribution in [2.45, 2.75) is 86.7 Å². The van der Waals surface area contributed by atoms with Gasteiger partial charge < -0.3 is 14.2 Å². The van der Waals surface area contributed by atoms with Gasteiger partial charge in [-0.3, -0.25) is 4.79 Å². The lowest BCUT2D eigenvalue weighted by molar-refractivity contribution is -0.143. The lowest BCUT2D eigenvalue weighted by Gasteiger charge is -2.18. The predicted octanol–water partition coefficient (Wildman–Crippen LogP) is 8.09. The molecule has 46 heavy (non-hydrogen) atoms. The Bertz CT molecular complexity index is 1760. The number of hydrogen-bond donors (Lipinski definition) is 0. The molecular weight excluding hydrogens is 576 g/mol. The number of pyridine rings is 1. The van der Waals surface area contributed by atoms with E-state index in [0.29, 0.717) is 32.0 Å². The van der Waals surface area contributed by atoms with Crippen molar-refractivity contribution in [2.75, 3.05) is 13.2 Å². The number of esters is 1. The van der Waals surface area contributed by atoms with Crippen LogP contribution in [0.15, 0.2) is 48.7 Å². The first-order chi connectivity index (χ1) is 21.9. The van der Waals surface area contributed by atoms with Gasteiger partial charge in [0.25, 0.3) is 0 Å². The summed E-state index contributed by atoms with van der Waals surface area (Å²) in [6.45, 7) is 16.9. The molecule has 2 aromatic carbocycles. The van der Waals surface area contributed by atoms with E-state index >= 15 is 0 Å². The first kappa shape index (κ1) is 34.1. The van der Waals surface area contributed by atoms with E-state index in [-0.39, 0.29) is 24.2 Å². The third-order valence-electron chi connectivity index (χ3n) is 7.78. The Hall–Kier alpha value is -4.82. The van der Waals surface area contributed by atoms with Gasteiger partial charge in [0, 0.05) is 23.2 Å². The number of nitriles is 1. The molecular formula is C38H44N4O4. The molecule has 0 bridgehead atoms. The van der Waals surface area contributed by atoms with Crippen molar-refractivity contribution in [1.29, 1.82) is 5.26 Å². The smallest absolute Gasteiger partial charge is 0.307 e. The molecule has 0 aliphatic rings. The average Bonchev–Trinajstić information content (AvgIpc) is 3.45. The Morgan fingerprint density at radius 1 is 1.04 bits per heavy atom. The van der Waals surface area contributed by atoms with E-state index in [2.05, 4.69) is 51.7 Å². The summed E-state index contributed by atoms with van der Waals surface area (Å²) in [5, 5.41) is 14.1. The second-order valence-electron chi connectivity index (χ2n) is 12.5. The van der Waals surface area contributed by atoms with E-state index in [1.54, 1.807) is 13.8 Å². The highest BCUT2D eigenvalue weighted by Crippen LogP contribution is 2.35. The SMILES string of the molecule is CC#CC(CC(=O)OCC)c1ccc(OCc2cc(-c3c(C)cc(OCCC(C)(C)C#N)cc3C)c3nc(C(C)C)nn3c2)cc1. The molecule has 2 aromatic heterocycles. The second kappa shape index (κ2) is 15.0. The van der Waals surface area contributed by atoms with Gasteiger partial charge >= 0.3 is 5.97 Å². The van der Waals surface area contributed by atoms with Gasteiger partial charge in [-0.1, -0.05) is 31.9 Å². The zero-order valence-electron chi connectivity index (χ0n) is 28.2. The first-order valence-corrected chi connectivity index (χ1v) is 15.8. The summed E-state index contributed by atoms with van der Waals surface area (Å²) in [4.78, 5) is 17.0. The van der Waals surface area contributed by atoms with Crippen LogP contribution in [0.5, 0.6) is 11.5 Å². The average molecular weight is 621 g/mol. The van der Waals surface area contributed by atoms with E-state index in [9.17, 15) is 10.1 Å². The maximum Gasteiger partial charge on any atom is 0.307 e. The minimum absolute atomic E-state index is 0.173. The third-order valence-corrected chi connectivity index (χ3v) is 7.78. The standard InChI is InChI=1S/C38H44N4O4/c1-9-11-30(21-34(43)44-10-2)29-12-14-31(15-13-29)46-23-28-20-33(37-40-36(25(3)4)41-42(37)22-28)35-26(5)18-32(19-27(35)6)45-17-16-38(7,8)24-39/h12-15,18-20,22,25,30H,10,16-17,21,23H2,1-8H3. The molecule has 0 fully saturated rings. The molecule has 0 N–H and O–H groups in total. The van der Waals surface area contributed by atoms with Crippen molar-refractivity contribution in [2.24, 2.45) is 5.41 Å². The number of carbonyl (C=O) groups is 1. The van der Waals surface area contributed by atoms with Crippen LogP contribution in [0.25, 0.3) is 16.8 Å². The van der Waals surface area contributed by atoms with Crippen LogP contribution in [-0.4, -0.2) is 33.8 Å². The van der Waals surface area contributed by atoms with E-state index in [1.807, 2.05) is 61.0 Å². The summed E-state index contributed by atoms with van der Waals surface area (Å²) in [5.41, 5.74) is 6.42. The molecule has 0 saturated heterocycles. The lowest BCUT2D eigenvalue weighted by atomic mass is 9.92. The Balaban J connectivity index is 1.60. The van der Waals surface area contributed by atoms with Crippen LogP contribution in [0.2, 0.25) is 0 Å². The van der Waals surface area contributed by atoms with Gasteiger partial charge in [0.05, 0.1) is 37.0 Å². The summed E-state index contributed by atoms with van der Waals surface area (Å²) < 4.78 is 19.3. The van der Waals surface area contributed by atoms with Crippen LogP contribution in [0.1, 0.15) is 94.3 Å². The van der Waals surface area contributed by atoms with Crippen LogP contribution in [0.3, 0.4) is 0 Å². The highest BCUT2D eigenvalue weighted by molar-refractivity contribution is 5.82. The van der Waals surface area contributed by atoms with Crippen LogP contribution >= 0.6 is 0 Å². The highest BCUT2D eigenvalue weighted by Gasteiger charge is 2.20. The number of benzene rings is 2. The lowest BCUT2D eigenvalue weighted by Crippen LogP contribution is -2.13. The monoisotopic (exact) mass is 620 g/mol. The normalized spacial score (nSPS) is 11.9. The minimum Gasteiger partial charge on any atom is -0.494 e. The molecule has 4 rings (SSSR count). The summed E-state index contributed by atoms with van der Waals surface area (Å²) in [5.74, 6) is 7.98. The molecule has 0 radical (unpaired) electrons. The van der Waals surface area contributed by atoms with Crippen LogP contribution in [-0.2, 0) is 16.1 Å². The highest BCUT2D eigenvalue weighted by atomic mass is 16.5. The van der Waals surface area contributed by atoms with Gasteiger partial charge in [-0.2, -0.15) is 10.4 Å². The quantitative estimate of drug-likeness (QED) is 0.110. The Labute approximate surface area is 272 Å². The summed E-state index contributed by atoms with van der Waals surface area (Å²) in [6, 6.07) is 16.2. The number of nitrogens with zero attached hydrogens (tertiary/aromatic N) is 4. The maximum absolute atomic E-state index is 12.1. The molecule has 8 nitrogen and oxygen atoms in total. The van der Waals surface area contributed by atoms with E-state index < -0.39 is 5.41 Å².